The summed E-state index contributed by atoms with van der Waals surface area (Å²) in [5.74, 6) is 1.32. The van der Waals surface area contributed by atoms with Crippen molar-refractivity contribution in [3.63, 3.8) is 0 Å². The van der Waals surface area contributed by atoms with Gasteiger partial charge in [-0.2, -0.15) is 0 Å². The van der Waals surface area contributed by atoms with E-state index in [1.165, 1.54) is 0 Å². The Bertz CT molecular complexity index is 883. The van der Waals surface area contributed by atoms with Crippen LogP contribution in [0.2, 0.25) is 0 Å². The first-order chi connectivity index (χ1) is 15.2. The lowest BCUT2D eigenvalue weighted by atomic mass is 9.99. The molecule has 2 aromatic rings. The average molecular weight is 444 g/mol. The Balaban J connectivity index is 1.73. The number of amides is 1. The van der Waals surface area contributed by atoms with Gasteiger partial charge in [-0.15, -0.1) is 11.3 Å². The fourth-order valence-electron chi connectivity index (χ4n) is 4.36. The van der Waals surface area contributed by atoms with Gasteiger partial charge in [-0.3, -0.25) is 4.79 Å². The summed E-state index contributed by atoms with van der Waals surface area (Å²) in [6.45, 7) is 4.47. The van der Waals surface area contributed by atoms with Gasteiger partial charge in [0.2, 0.25) is 0 Å². The second-order valence-electron chi connectivity index (χ2n) is 8.41. The Morgan fingerprint density at radius 2 is 2.10 bits per heavy atom. The molecule has 2 fully saturated rings. The molecule has 0 radical (unpaired) electrons. The summed E-state index contributed by atoms with van der Waals surface area (Å²) in [5, 5.41) is 10.8. The van der Waals surface area contributed by atoms with Crippen molar-refractivity contribution in [1.82, 2.24) is 25.8 Å². The van der Waals surface area contributed by atoms with Crippen LogP contribution in [0.1, 0.15) is 30.7 Å². The van der Waals surface area contributed by atoms with Crippen molar-refractivity contribution < 1.29 is 9.53 Å². The second-order valence-corrected chi connectivity index (χ2v) is 9.44. The lowest BCUT2D eigenvalue weighted by Crippen LogP contribution is -2.47. The molecule has 31 heavy (non-hydrogen) atoms. The molecule has 1 aromatic carbocycles. The van der Waals surface area contributed by atoms with E-state index >= 15 is 0 Å². The van der Waals surface area contributed by atoms with Crippen LogP contribution in [0.5, 0.6) is 0 Å². The molecule has 8 heteroatoms. The summed E-state index contributed by atoms with van der Waals surface area (Å²) in [4.78, 5) is 20.2. The van der Waals surface area contributed by atoms with Gasteiger partial charge < -0.3 is 25.6 Å². The van der Waals surface area contributed by atoms with Crippen molar-refractivity contribution in [3.8, 4) is 0 Å². The Labute approximate surface area is 188 Å². The number of likely N-dealkylation sites (N-methyl/N-ethyl adjacent to an activating group) is 1. The molecule has 0 bridgehead atoms. The number of rotatable bonds is 7. The van der Waals surface area contributed by atoms with Crippen LogP contribution in [0.3, 0.4) is 0 Å². The van der Waals surface area contributed by atoms with E-state index in [0.717, 1.165) is 79.6 Å². The average Bonchev–Trinajstić information content (AvgIpc) is 3.23. The van der Waals surface area contributed by atoms with Crippen LogP contribution in [0, 0.1) is 5.92 Å². The third kappa shape index (κ3) is 5.37. The van der Waals surface area contributed by atoms with E-state index in [0.29, 0.717) is 11.5 Å². The van der Waals surface area contributed by atoms with Gasteiger partial charge in [-0.05, 0) is 50.3 Å². The normalized spacial score (nSPS) is 20.9. The SMILES string of the molecule is CNC(=O)/C(=C(/NC1CCCNC1)N(C)CC1CCOCC1)c1nc2ccccc2s1. The predicted octanol–water partition coefficient (Wildman–Crippen LogP) is 2.41. The number of hydrogen-bond donors (Lipinski definition) is 3. The number of nitrogens with one attached hydrogen (secondary N) is 3. The molecule has 168 valence electrons. The van der Waals surface area contributed by atoms with Crippen LogP contribution in [0.25, 0.3) is 15.8 Å². The Morgan fingerprint density at radius 3 is 2.81 bits per heavy atom. The van der Waals surface area contributed by atoms with Crippen molar-refractivity contribution in [2.24, 2.45) is 5.92 Å². The number of hydrogen-bond acceptors (Lipinski definition) is 7. The first kappa shape index (κ1) is 22.0. The molecule has 1 amide bonds. The van der Waals surface area contributed by atoms with E-state index in [-0.39, 0.29) is 11.9 Å². The quantitative estimate of drug-likeness (QED) is 0.571. The summed E-state index contributed by atoms with van der Waals surface area (Å²) < 4.78 is 6.63. The van der Waals surface area contributed by atoms with E-state index in [4.69, 9.17) is 9.72 Å². The number of ether oxygens (including phenoxy) is 1. The van der Waals surface area contributed by atoms with Crippen molar-refractivity contribution in [1.29, 1.82) is 0 Å². The fourth-order valence-corrected chi connectivity index (χ4v) is 5.37. The Hall–Kier alpha value is -2.16. The molecule has 3 N–H and O–H groups in total. The molecule has 7 nitrogen and oxygen atoms in total. The first-order valence-electron chi connectivity index (χ1n) is 11.2. The van der Waals surface area contributed by atoms with Gasteiger partial charge in [0.15, 0.2) is 0 Å². The smallest absolute Gasteiger partial charge is 0.257 e. The largest absolute Gasteiger partial charge is 0.381 e. The minimum atomic E-state index is -0.107. The summed E-state index contributed by atoms with van der Waals surface area (Å²) in [6.07, 6.45) is 4.33. The lowest BCUT2D eigenvalue weighted by molar-refractivity contribution is -0.115. The summed E-state index contributed by atoms with van der Waals surface area (Å²) >= 11 is 1.57. The lowest BCUT2D eigenvalue weighted by Gasteiger charge is -2.34. The number of piperidine rings is 1. The maximum absolute atomic E-state index is 13.2. The standard InChI is InChI=1S/C23H33N5O2S/c1-24-22(29)20(23-27-18-7-3-4-8-19(18)31-23)21(26-17-6-5-11-25-14-17)28(2)15-16-9-12-30-13-10-16/h3-4,7-8,16-17,25-26H,5-6,9-15H2,1-2H3,(H,24,29)/b21-20+. The number of benzene rings is 1. The molecule has 0 saturated carbocycles. The molecule has 0 aliphatic carbocycles. The number of carbonyl (C=O) groups excluding carboxylic acids is 1. The Morgan fingerprint density at radius 1 is 1.29 bits per heavy atom. The van der Waals surface area contributed by atoms with Gasteiger partial charge in [0.05, 0.1) is 10.2 Å². The van der Waals surface area contributed by atoms with E-state index in [1.54, 1.807) is 18.4 Å². The van der Waals surface area contributed by atoms with Gasteiger partial charge in [0.25, 0.3) is 5.91 Å². The van der Waals surface area contributed by atoms with E-state index < -0.39 is 0 Å². The third-order valence-corrected chi connectivity index (χ3v) is 7.14. The summed E-state index contributed by atoms with van der Waals surface area (Å²) in [5.41, 5.74) is 1.55. The molecular weight excluding hydrogens is 410 g/mol. The van der Waals surface area contributed by atoms with Crippen molar-refractivity contribution >= 4 is 33.0 Å². The molecule has 4 rings (SSSR count). The fraction of sp³-hybridized carbons (Fsp3) is 0.565. The minimum Gasteiger partial charge on any atom is -0.381 e. The molecule has 0 spiro atoms. The van der Waals surface area contributed by atoms with Gasteiger partial charge in [-0.25, -0.2) is 4.98 Å². The first-order valence-corrected chi connectivity index (χ1v) is 12.1. The van der Waals surface area contributed by atoms with Gasteiger partial charge in [0, 0.05) is 46.4 Å². The molecule has 2 aliphatic rings. The molecule has 1 aromatic heterocycles. The number of nitrogens with zero attached hydrogens (tertiary/aromatic N) is 2. The monoisotopic (exact) mass is 443 g/mol. The number of carbonyl (C=O) groups is 1. The van der Waals surface area contributed by atoms with Gasteiger partial charge in [0.1, 0.15) is 16.4 Å². The number of aromatic nitrogens is 1. The number of para-hydroxylation sites is 1. The van der Waals surface area contributed by atoms with Crippen molar-refractivity contribution in [2.75, 3.05) is 46.9 Å². The maximum Gasteiger partial charge on any atom is 0.257 e. The topological polar surface area (TPSA) is 78.5 Å². The molecule has 1 atom stereocenters. The number of fused-ring (bicyclic) bond motifs is 1. The van der Waals surface area contributed by atoms with Crippen LogP contribution in [-0.4, -0.2) is 68.8 Å². The minimum absolute atomic E-state index is 0.107. The zero-order valence-electron chi connectivity index (χ0n) is 18.4. The Kier molecular flexibility index (Phi) is 7.42. The maximum atomic E-state index is 13.2. The highest BCUT2D eigenvalue weighted by Crippen LogP contribution is 2.30. The van der Waals surface area contributed by atoms with Crippen LogP contribution < -0.4 is 16.0 Å². The molecule has 2 saturated heterocycles. The van der Waals surface area contributed by atoms with Crippen molar-refractivity contribution in [2.45, 2.75) is 31.7 Å². The van der Waals surface area contributed by atoms with E-state index in [1.807, 2.05) is 18.2 Å². The number of thiazole rings is 1. The third-order valence-electron chi connectivity index (χ3n) is 6.09. The molecule has 1 unspecified atom stereocenters. The van der Waals surface area contributed by atoms with Crippen LogP contribution >= 0.6 is 11.3 Å². The van der Waals surface area contributed by atoms with E-state index in [2.05, 4.69) is 34.0 Å². The molecule has 3 heterocycles. The zero-order valence-corrected chi connectivity index (χ0v) is 19.3. The second kappa shape index (κ2) is 10.4. The van der Waals surface area contributed by atoms with Crippen LogP contribution in [-0.2, 0) is 9.53 Å². The summed E-state index contributed by atoms with van der Waals surface area (Å²) in [7, 11) is 3.78. The van der Waals surface area contributed by atoms with Crippen LogP contribution in [0.15, 0.2) is 30.1 Å². The van der Waals surface area contributed by atoms with Crippen molar-refractivity contribution in [3.05, 3.63) is 35.1 Å². The van der Waals surface area contributed by atoms with Gasteiger partial charge >= 0.3 is 0 Å². The molecule has 2 aliphatic heterocycles. The van der Waals surface area contributed by atoms with Crippen LogP contribution in [0.4, 0.5) is 0 Å². The highest BCUT2D eigenvalue weighted by Gasteiger charge is 2.27. The zero-order chi connectivity index (χ0) is 21.6. The van der Waals surface area contributed by atoms with Gasteiger partial charge in [-0.1, -0.05) is 12.1 Å². The highest BCUT2D eigenvalue weighted by atomic mass is 32.1. The summed E-state index contributed by atoms with van der Waals surface area (Å²) in [6, 6.07) is 8.34. The van der Waals surface area contributed by atoms with E-state index in [9.17, 15) is 4.79 Å². The predicted molar refractivity (Wildman–Crippen MR) is 126 cm³/mol. The highest BCUT2D eigenvalue weighted by molar-refractivity contribution is 7.19. The molecular formula is C23H33N5O2S.